The monoisotopic (exact) mass is 189 g/mol. The summed E-state index contributed by atoms with van der Waals surface area (Å²) in [4.78, 5) is 11.3. The van der Waals surface area contributed by atoms with Crippen LogP contribution in [0.1, 0.15) is 13.3 Å². The zero-order valence-corrected chi connectivity index (χ0v) is 8.06. The number of hydrogen-bond donors (Lipinski definition) is 2. The van der Waals surface area contributed by atoms with Gasteiger partial charge in [0.1, 0.15) is 0 Å². The molecule has 1 amide bonds. The van der Waals surface area contributed by atoms with Crippen LogP contribution in [0.3, 0.4) is 0 Å². The molecule has 0 spiro atoms. The van der Waals surface area contributed by atoms with Crippen LogP contribution >= 0.6 is 11.8 Å². The van der Waals surface area contributed by atoms with E-state index in [9.17, 15) is 4.79 Å². The van der Waals surface area contributed by atoms with Crippen molar-refractivity contribution in [1.29, 1.82) is 0 Å². The summed E-state index contributed by atoms with van der Waals surface area (Å²) in [6, 6.07) is 0. The molecule has 1 aliphatic rings. The molecule has 0 aromatic carbocycles. The molecule has 1 rings (SSSR count). The fourth-order valence-corrected chi connectivity index (χ4v) is 2.35. The van der Waals surface area contributed by atoms with Gasteiger partial charge in [-0.2, -0.15) is 11.8 Å². The van der Waals surface area contributed by atoms with Crippen molar-refractivity contribution in [2.45, 2.75) is 19.4 Å². The van der Waals surface area contributed by atoms with Crippen LogP contribution in [0.25, 0.3) is 0 Å². The van der Waals surface area contributed by atoms with Crippen LogP contribution < -0.4 is 5.32 Å². The number of thioether (sulfide) groups is 1. The average Bonchev–Trinajstić information content (AvgIpc) is 2.51. The van der Waals surface area contributed by atoms with Gasteiger partial charge in [0.25, 0.3) is 0 Å². The lowest BCUT2D eigenvalue weighted by molar-refractivity contribution is -0.124. The fourth-order valence-electron chi connectivity index (χ4n) is 1.13. The molecule has 4 heteroatoms. The van der Waals surface area contributed by atoms with Gasteiger partial charge in [0.05, 0.1) is 6.10 Å². The molecule has 1 unspecified atom stereocenters. The second-order valence-corrected chi connectivity index (χ2v) is 4.30. The zero-order valence-electron chi connectivity index (χ0n) is 7.25. The summed E-state index contributed by atoms with van der Waals surface area (Å²) in [6.45, 7) is 2.05. The molecule has 3 nitrogen and oxygen atoms in total. The summed E-state index contributed by atoms with van der Waals surface area (Å²) in [5.74, 6) is 2.30. The van der Waals surface area contributed by atoms with Crippen molar-refractivity contribution in [1.82, 2.24) is 5.32 Å². The Morgan fingerprint density at radius 3 is 3.08 bits per heavy atom. The molecular formula is C8H15NO2S. The van der Waals surface area contributed by atoms with Crippen molar-refractivity contribution < 1.29 is 9.90 Å². The van der Waals surface area contributed by atoms with Gasteiger partial charge in [-0.25, -0.2) is 0 Å². The molecule has 12 heavy (non-hydrogen) atoms. The van der Waals surface area contributed by atoms with E-state index in [0.717, 1.165) is 17.9 Å². The van der Waals surface area contributed by atoms with E-state index in [2.05, 4.69) is 5.32 Å². The van der Waals surface area contributed by atoms with Crippen molar-refractivity contribution in [2.24, 2.45) is 5.92 Å². The van der Waals surface area contributed by atoms with Crippen LogP contribution in [0.4, 0.5) is 0 Å². The maximum Gasteiger partial charge on any atom is 0.224 e. The van der Waals surface area contributed by atoms with Crippen molar-refractivity contribution in [2.75, 3.05) is 18.1 Å². The first-order valence-electron chi connectivity index (χ1n) is 4.23. The Hall–Kier alpha value is -0.220. The number of amides is 1. The molecule has 0 aromatic heterocycles. The van der Waals surface area contributed by atoms with Gasteiger partial charge < -0.3 is 10.4 Å². The molecule has 1 aliphatic heterocycles. The summed E-state index contributed by atoms with van der Waals surface area (Å²) in [5, 5.41) is 11.6. The first-order valence-corrected chi connectivity index (χ1v) is 5.39. The van der Waals surface area contributed by atoms with Crippen molar-refractivity contribution >= 4 is 17.7 Å². The summed E-state index contributed by atoms with van der Waals surface area (Å²) in [7, 11) is 0. The van der Waals surface area contributed by atoms with Gasteiger partial charge in [-0.3, -0.25) is 4.79 Å². The third-order valence-corrected chi connectivity index (χ3v) is 3.03. The van der Waals surface area contributed by atoms with E-state index < -0.39 is 6.10 Å². The Kier molecular flexibility index (Phi) is 3.88. The Balaban J connectivity index is 2.18. The Morgan fingerprint density at radius 2 is 2.58 bits per heavy atom. The molecular weight excluding hydrogens is 174 g/mol. The largest absolute Gasteiger partial charge is 0.392 e. The van der Waals surface area contributed by atoms with Gasteiger partial charge in [0, 0.05) is 18.2 Å². The second-order valence-electron chi connectivity index (χ2n) is 3.15. The molecule has 1 heterocycles. The minimum Gasteiger partial charge on any atom is -0.392 e. The summed E-state index contributed by atoms with van der Waals surface area (Å²) in [6.07, 6.45) is 0.541. The van der Waals surface area contributed by atoms with E-state index in [1.165, 1.54) is 0 Å². The normalized spacial score (nSPS) is 25.3. The predicted octanol–water partition coefficient (Wildman–Crippen LogP) is 0.237. The van der Waals surface area contributed by atoms with Crippen LogP contribution in [0.2, 0.25) is 0 Å². The lowest BCUT2D eigenvalue weighted by Gasteiger charge is -2.10. The highest BCUT2D eigenvalue weighted by atomic mass is 32.2. The highest BCUT2D eigenvalue weighted by Gasteiger charge is 2.22. The number of hydrogen-bond acceptors (Lipinski definition) is 3. The minimum atomic E-state index is -0.442. The number of nitrogens with one attached hydrogen (secondary N) is 1. The second kappa shape index (κ2) is 4.72. The lowest BCUT2D eigenvalue weighted by Crippen LogP contribution is -2.35. The molecule has 2 atom stereocenters. The zero-order chi connectivity index (χ0) is 8.97. The predicted molar refractivity (Wildman–Crippen MR) is 50.1 cm³/mol. The molecule has 0 aliphatic carbocycles. The Morgan fingerprint density at radius 1 is 1.83 bits per heavy atom. The van der Waals surface area contributed by atoms with Crippen LogP contribution in [0.15, 0.2) is 0 Å². The van der Waals surface area contributed by atoms with E-state index in [0.29, 0.717) is 6.54 Å². The highest BCUT2D eigenvalue weighted by Crippen LogP contribution is 2.23. The number of carbonyl (C=O) groups is 1. The van der Waals surface area contributed by atoms with E-state index in [4.69, 9.17) is 5.11 Å². The number of rotatable bonds is 3. The fraction of sp³-hybridized carbons (Fsp3) is 0.875. The van der Waals surface area contributed by atoms with Gasteiger partial charge in [-0.1, -0.05) is 0 Å². The van der Waals surface area contributed by atoms with Crippen LogP contribution in [-0.4, -0.2) is 35.2 Å². The summed E-state index contributed by atoms with van der Waals surface area (Å²) >= 11 is 1.82. The third kappa shape index (κ3) is 3.03. The van der Waals surface area contributed by atoms with E-state index in [-0.39, 0.29) is 11.8 Å². The lowest BCUT2D eigenvalue weighted by atomic mass is 10.1. The Bertz CT molecular complexity index is 155. The first-order chi connectivity index (χ1) is 5.70. The van der Waals surface area contributed by atoms with Gasteiger partial charge in [-0.05, 0) is 19.1 Å². The topological polar surface area (TPSA) is 49.3 Å². The number of carbonyl (C=O) groups excluding carboxylic acids is 1. The molecule has 0 radical (unpaired) electrons. The smallest absolute Gasteiger partial charge is 0.224 e. The standard InChI is InChI=1S/C8H15NO2S/c1-6(10)4-9-8(11)7-2-3-12-5-7/h6-7,10H,2-5H2,1H3,(H,9,11)/t6-,7?/m0/s1. The molecule has 0 saturated carbocycles. The molecule has 0 aromatic rings. The molecule has 2 N–H and O–H groups in total. The SMILES string of the molecule is C[C@H](O)CNC(=O)C1CCSC1. The third-order valence-electron chi connectivity index (χ3n) is 1.87. The minimum absolute atomic E-state index is 0.0981. The summed E-state index contributed by atoms with van der Waals surface area (Å²) < 4.78 is 0. The molecule has 0 bridgehead atoms. The van der Waals surface area contributed by atoms with Crippen molar-refractivity contribution in [3.05, 3.63) is 0 Å². The molecule has 70 valence electrons. The number of aliphatic hydroxyl groups excluding tert-OH is 1. The van der Waals surface area contributed by atoms with Gasteiger partial charge in [0.2, 0.25) is 5.91 Å². The Labute approximate surface area is 76.9 Å². The van der Waals surface area contributed by atoms with Crippen molar-refractivity contribution in [3.8, 4) is 0 Å². The van der Waals surface area contributed by atoms with Gasteiger partial charge in [-0.15, -0.1) is 0 Å². The maximum absolute atomic E-state index is 11.3. The summed E-state index contributed by atoms with van der Waals surface area (Å²) in [5.41, 5.74) is 0. The molecule has 1 saturated heterocycles. The quantitative estimate of drug-likeness (QED) is 0.668. The molecule has 1 fully saturated rings. The average molecular weight is 189 g/mol. The maximum atomic E-state index is 11.3. The van der Waals surface area contributed by atoms with E-state index >= 15 is 0 Å². The van der Waals surface area contributed by atoms with E-state index in [1.54, 1.807) is 6.92 Å². The van der Waals surface area contributed by atoms with Gasteiger partial charge >= 0.3 is 0 Å². The van der Waals surface area contributed by atoms with Crippen LogP contribution in [-0.2, 0) is 4.79 Å². The highest BCUT2D eigenvalue weighted by molar-refractivity contribution is 7.99. The first kappa shape index (κ1) is 9.86. The van der Waals surface area contributed by atoms with Gasteiger partial charge in [0.15, 0.2) is 0 Å². The van der Waals surface area contributed by atoms with Crippen LogP contribution in [0.5, 0.6) is 0 Å². The number of aliphatic hydroxyl groups is 1. The van der Waals surface area contributed by atoms with E-state index in [1.807, 2.05) is 11.8 Å². The van der Waals surface area contributed by atoms with Crippen LogP contribution in [0, 0.1) is 5.92 Å². The van der Waals surface area contributed by atoms with Crippen molar-refractivity contribution in [3.63, 3.8) is 0 Å².